The monoisotopic (exact) mass is 374 g/mol. The average Bonchev–Trinajstić information content (AvgIpc) is 2.60. The number of hydrogen-bond acceptors (Lipinski definition) is 4. The minimum atomic E-state index is -0.536. The van der Waals surface area contributed by atoms with Crippen molar-refractivity contribution in [2.75, 3.05) is 20.2 Å². The van der Waals surface area contributed by atoms with E-state index in [1.165, 1.54) is 0 Å². The Morgan fingerprint density at radius 3 is 2.74 bits per heavy atom. The molecule has 0 radical (unpaired) electrons. The molecule has 1 N–H and O–H groups in total. The lowest BCUT2D eigenvalue weighted by Crippen LogP contribution is -2.50. The Kier molecular flexibility index (Phi) is 6.88. The van der Waals surface area contributed by atoms with Crippen LogP contribution in [0.4, 0.5) is 4.79 Å². The van der Waals surface area contributed by atoms with Crippen LogP contribution in [0.25, 0.3) is 6.08 Å². The number of nitrogens with zero attached hydrogens (tertiary/aromatic N) is 1. The highest BCUT2D eigenvalue weighted by molar-refractivity contribution is 5.79. The largest absolute Gasteiger partial charge is 0.496 e. The quantitative estimate of drug-likeness (QED) is 0.858. The molecule has 6 nitrogen and oxygen atoms in total. The molecule has 0 saturated carbocycles. The third-order valence-corrected chi connectivity index (χ3v) is 4.36. The standard InChI is InChI=1S/C21H30N2O4/c1-6-16-12-15(9-10-18(16)26-5)13-19(24)23-11-7-8-17(14-23)22-20(25)27-21(2,3)4/h6,9-10,12,17H,1,7-8,11,13-14H2,2-5H3,(H,22,25). The number of methoxy groups -OCH3 is 1. The number of amides is 2. The van der Waals surface area contributed by atoms with Crippen molar-refractivity contribution in [3.63, 3.8) is 0 Å². The molecule has 0 spiro atoms. The summed E-state index contributed by atoms with van der Waals surface area (Å²) >= 11 is 0. The number of benzene rings is 1. The van der Waals surface area contributed by atoms with Crippen LogP contribution in [0.3, 0.4) is 0 Å². The van der Waals surface area contributed by atoms with E-state index >= 15 is 0 Å². The smallest absolute Gasteiger partial charge is 0.407 e. The first-order chi connectivity index (χ1) is 12.7. The van der Waals surface area contributed by atoms with Gasteiger partial charge in [-0.3, -0.25) is 4.79 Å². The molecule has 6 heteroatoms. The van der Waals surface area contributed by atoms with E-state index in [0.29, 0.717) is 19.5 Å². The Balaban J connectivity index is 1.94. The van der Waals surface area contributed by atoms with Gasteiger partial charge in [-0.2, -0.15) is 0 Å². The predicted molar refractivity (Wildman–Crippen MR) is 106 cm³/mol. The molecule has 1 saturated heterocycles. The molecule has 0 aliphatic carbocycles. The molecular weight excluding hydrogens is 344 g/mol. The summed E-state index contributed by atoms with van der Waals surface area (Å²) in [5.74, 6) is 0.784. The summed E-state index contributed by atoms with van der Waals surface area (Å²) in [6.07, 6.45) is 3.28. The van der Waals surface area contributed by atoms with Gasteiger partial charge >= 0.3 is 6.09 Å². The molecular formula is C21H30N2O4. The highest BCUT2D eigenvalue weighted by Crippen LogP contribution is 2.22. The lowest BCUT2D eigenvalue weighted by Gasteiger charge is -2.33. The summed E-state index contributed by atoms with van der Waals surface area (Å²) in [6, 6.07) is 5.58. The van der Waals surface area contributed by atoms with Gasteiger partial charge < -0.3 is 19.7 Å². The van der Waals surface area contributed by atoms with Crippen LogP contribution >= 0.6 is 0 Å². The topological polar surface area (TPSA) is 67.9 Å². The second-order valence-corrected chi connectivity index (χ2v) is 7.78. The first-order valence-electron chi connectivity index (χ1n) is 9.28. The van der Waals surface area contributed by atoms with Crippen LogP contribution in [0.1, 0.15) is 44.7 Å². The van der Waals surface area contributed by atoms with Gasteiger partial charge in [0.05, 0.1) is 13.5 Å². The molecule has 148 valence electrons. The van der Waals surface area contributed by atoms with Gasteiger partial charge in [0.25, 0.3) is 0 Å². The Morgan fingerprint density at radius 2 is 2.11 bits per heavy atom. The number of rotatable bonds is 5. The van der Waals surface area contributed by atoms with Crippen LogP contribution in [-0.4, -0.2) is 48.7 Å². The van der Waals surface area contributed by atoms with Gasteiger partial charge in [0.15, 0.2) is 0 Å². The molecule has 2 amide bonds. The fraction of sp³-hybridized carbons (Fsp3) is 0.524. The highest BCUT2D eigenvalue weighted by atomic mass is 16.6. The maximum Gasteiger partial charge on any atom is 0.407 e. The number of piperidine rings is 1. The zero-order valence-corrected chi connectivity index (χ0v) is 16.7. The van der Waals surface area contributed by atoms with Gasteiger partial charge in [-0.1, -0.05) is 18.7 Å². The lowest BCUT2D eigenvalue weighted by atomic mass is 10.0. The molecule has 1 unspecified atom stereocenters. The first kappa shape index (κ1) is 20.8. The predicted octanol–water partition coefficient (Wildman–Crippen LogP) is 3.40. The van der Waals surface area contributed by atoms with E-state index in [-0.39, 0.29) is 11.9 Å². The van der Waals surface area contributed by atoms with Crippen molar-refractivity contribution >= 4 is 18.1 Å². The molecule has 1 aromatic rings. The summed E-state index contributed by atoms with van der Waals surface area (Å²) in [5, 5.41) is 2.87. The van der Waals surface area contributed by atoms with Crippen molar-refractivity contribution in [1.82, 2.24) is 10.2 Å². The van der Waals surface area contributed by atoms with E-state index in [9.17, 15) is 9.59 Å². The van der Waals surface area contributed by atoms with Gasteiger partial charge in [-0.25, -0.2) is 4.79 Å². The van der Waals surface area contributed by atoms with Crippen molar-refractivity contribution < 1.29 is 19.1 Å². The van der Waals surface area contributed by atoms with E-state index < -0.39 is 11.7 Å². The van der Waals surface area contributed by atoms with Gasteiger partial charge in [0.1, 0.15) is 11.4 Å². The maximum atomic E-state index is 12.7. The van der Waals surface area contributed by atoms with Crippen molar-refractivity contribution in [2.24, 2.45) is 0 Å². The Labute approximate surface area is 161 Å². The van der Waals surface area contributed by atoms with Crippen LogP contribution in [-0.2, 0) is 16.0 Å². The molecule has 2 rings (SSSR count). The van der Waals surface area contributed by atoms with Crippen LogP contribution in [0.2, 0.25) is 0 Å². The van der Waals surface area contributed by atoms with Gasteiger partial charge in [0.2, 0.25) is 5.91 Å². The molecule has 1 atom stereocenters. The maximum absolute atomic E-state index is 12.7. The third-order valence-electron chi connectivity index (χ3n) is 4.36. The number of carbonyl (C=O) groups excluding carboxylic acids is 2. The number of alkyl carbamates (subject to hydrolysis) is 1. The molecule has 27 heavy (non-hydrogen) atoms. The number of nitrogens with one attached hydrogen (secondary N) is 1. The summed E-state index contributed by atoms with van der Waals surface area (Å²) in [5.41, 5.74) is 1.25. The zero-order valence-electron chi connectivity index (χ0n) is 16.7. The van der Waals surface area contributed by atoms with E-state index in [2.05, 4.69) is 11.9 Å². The van der Waals surface area contributed by atoms with Crippen LogP contribution in [0.15, 0.2) is 24.8 Å². The van der Waals surface area contributed by atoms with Gasteiger partial charge in [-0.15, -0.1) is 0 Å². The summed E-state index contributed by atoms with van der Waals surface area (Å²) in [7, 11) is 1.61. The van der Waals surface area contributed by atoms with E-state index in [1.54, 1.807) is 13.2 Å². The van der Waals surface area contributed by atoms with E-state index in [1.807, 2.05) is 43.9 Å². The first-order valence-corrected chi connectivity index (χ1v) is 9.28. The van der Waals surface area contributed by atoms with Gasteiger partial charge in [0, 0.05) is 24.7 Å². The molecule has 0 aromatic heterocycles. The molecule has 1 aliphatic heterocycles. The van der Waals surface area contributed by atoms with E-state index in [4.69, 9.17) is 9.47 Å². The molecule has 1 fully saturated rings. The number of likely N-dealkylation sites (tertiary alicyclic amines) is 1. The van der Waals surface area contributed by atoms with Crippen LogP contribution in [0, 0.1) is 0 Å². The number of hydrogen-bond donors (Lipinski definition) is 1. The SMILES string of the molecule is C=Cc1cc(CC(=O)N2CCCC(NC(=O)OC(C)(C)C)C2)ccc1OC. The second kappa shape index (κ2) is 8.93. The highest BCUT2D eigenvalue weighted by Gasteiger charge is 2.26. The molecule has 1 heterocycles. The fourth-order valence-corrected chi connectivity index (χ4v) is 3.14. The van der Waals surface area contributed by atoms with Crippen LogP contribution in [0.5, 0.6) is 5.75 Å². The van der Waals surface area contributed by atoms with Crippen LogP contribution < -0.4 is 10.1 Å². The Hall–Kier alpha value is -2.50. The minimum absolute atomic E-state index is 0.0471. The normalized spacial score (nSPS) is 17.2. The lowest BCUT2D eigenvalue weighted by molar-refractivity contribution is -0.131. The number of ether oxygens (including phenoxy) is 2. The summed E-state index contributed by atoms with van der Waals surface area (Å²) < 4.78 is 10.6. The Morgan fingerprint density at radius 1 is 1.37 bits per heavy atom. The average molecular weight is 374 g/mol. The molecule has 1 aromatic carbocycles. The molecule has 0 bridgehead atoms. The van der Waals surface area contributed by atoms with Gasteiger partial charge in [-0.05, 0) is 51.3 Å². The zero-order chi connectivity index (χ0) is 20.0. The fourth-order valence-electron chi connectivity index (χ4n) is 3.14. The van der Waals surface area contributed by atoms with Crippen molar-refractivity contribution in [3.05, 3.63) is 35.9 Å². The third kappa shape index (κ3) is 6.31. The summed E-state index contributed by atoms with van der Waals surface area (Å²) in [6.45, 7) is 10.5. The number of carbonyl (C=O) groups is 2. The minimum Gasteiger partial charge on any atom is -0.496 e. The molecule has 1 aliphatic rings. The van der Waals surface area contributed by atoms with Crippen molar-refractivity contribution in [2.45, 2.75) is 51.7 Å². The summed E-state index contributed by atoms with van der Waals surface area (Å²) in [4.78, 5) is 26.5. The Bertz CT molecular complexity index is 694. The second-order valence-electron chi connectivity index (χ2n) is 7.78. The van der Waals surface area contributed by atoms with Crippen molar-refractivity contribution in [3.8, 4) is 5.75 Å². The van der Waals surface area contributed by atoms with E-state index in [0.717, 1.165) is 29.7 Å². The van der Waals surface area contributed by atoms with Crippen molar-refractivity contribution in [1.29, 1.82) is 0 Å².